The van der Waals surface area contributed by atoms with Gasteiger partial charge in [-0.2, -0.15) is 0 Å². The topological polar surface area (TPSA) is 52.6 Å². The van der Waals surface area contributed by atoms with Gasteiger partial charge in [0.15, 0.2) is 0 Å². The Morgan fingerprint density at radius 2 is 2.11 bits per heavy atom. The first-order chi connectivity index (χ1) is 8.73. The highest BCUT2D eigenvalue weighted by atomic mass is 35.5. The van der Waals surface area contributed by atoms with Gasteiger partial charge >= 0.3 is 0 Å². The van der Waals surface area contributed by atoms with Gasteiger partial charge in [0.2, 0.25) is 0 Å². The van der Waals surface area contributed by atoms with Crippen LogP contribution in [0.4, 0.5) is 0 Å². The van der Waals surface area contributed by atoms with Crippen molar-refractivity contribution < 1.29 is 9.90 Å². The molecule has 5 heteroatoms. The number of aryl methyl sites for hydroxylation is 1. The fraction of sp³-hybridized carbons (Fsp3) is 0.500. The van der Waals surface area contributed by atoms with Crippen molar-refractivity contribution in [1.82, 2.24) is 10.2 Å². The first kappa shape index (κ1) is 16.0. The molecule has 0 aliphatic rings. The van der Waals surface area contributed by atoms with Crippen LogP contribution in [0, 0.1) is 6.92 Å². The van der Waals surface area contributed by atoms with E-state index < -0.39 is 5.60 Å². The Morgan fingerprint density at radius 3 is 2.68 bits per heavy atom. The fourth-order valence-corrected chi connectivity index (χ4v) is 2.14. The Kier molecular flexibility index (Phi) is 5.35. The molecule has 1 aromatic carbocycles. The maximum atomic E-state index is 12.0. The van der Waals surface area contributed by atoms with Crippen LogP contribution >= 0.6 is 11.6 Å². The fourth-order valence-electron chi connectivity index (χ4n) is 1.93. The number of halogens is 1. The van der Waals surface area contributed by atoms with Gasteiger partial charge < -0.3 is 15.3 Å². The lowest BCUT2D eigenvalue weighted by atomic mass is 10.1. The highest BCUT2D eigenvalue weighted by Gasteiger charge is 2.23. The number of aliphatic hydroxyl groups is 1. The van der Waals surface area contributed by atoms with E-state index in [-0.39, 0.29) is 12.5 Å². The molecule has 0 heterocycles. The maximum Gasteiger partial charge on any atom is 0.252 e. The summed E-state index contributed by atoms with van der Waals surface area (Å²) in [6, 6.07) is 5.31. The van der Waals surface area contributed by atoms with Crippen LogP contribution in [-0.2, 0) is 0 Å². The number of hydrogen-bond acceptors (Lipinski definition) is 3. The Bertz CT molecular complexity index is 459. The van der Waals surface area contributed by atoms with Crippen LogP contribution in [0.15, 0.2) is 18.2 Å². The molecule has 0 radical (unpaired) electrons. The van der Waals surface area contributed by atoms with Crippen LogP contribution in [0.25, 0.3) is 0 Å². The predicted octanol–water partition coefficient (Wildman–Crippen LogP) is 1.69. The summed E-state index contributed by atoms with van der Waals surface area (Å²) in [7, 11) is 3.74. The molecule has 1 amide bonds. The van der Waals surface area contributed by atoms with E-state index in [2.05, 4.69) is 5.32 Å². The average molecular weight is 285 g/mol. The van der Waals surface area contributed by atoms with Gasteiger partial charge in [-0.3, -0.25) is 4.79 Å². The van der Waals surface area contributed by atoms with E-state index in [4.69, 9.17) is 11.6 Å². The first-order valence-corrected chi connectivity index (χ1v) is 6.51. The normalized spacial score (nSPS) is 14.3. The number of carbonyl (C=O) groups is 1. The molecule has 1 aromatic rings. The highest BCUT2D eigenvalue weighted by molar-refractivity contribution is 6.34. The molecule has 0 bridgehead atoms. The number of nitrogens with zero attached hydrogens (tertiary/aromatic N) is 1. The zero-order valence-corrected chi connectivity index (χ0v) is 12.6. The van der Waals surface area contributed by atoms with Gasteiger partial charge in [0.25, 0.3) is 5.91 Å². The smallest absolute Gasteiger partial charge is 0.252 e. The molecular formula is C14H21ClN2O2. The molecule has 4 nitrogen and oxygen atoms in total. The van der Waals surface area contributed by atoms with Crippen molar-refractivity contribution in [2.24, 2.45) is 0 Å². The Balaban J connectivity index is 2.68. The Morgan fingerprint density at radius 1 is 1.47 bits per heavy atom. The third kappa shape index (κ3) is 4.82. The standard InChI is InChI=1S/C14H21ClN2O2/c1-10-6-5-7-11(12(10)15)13(18)16-8-14(2,19)9-17(3)4/h5-7,19H,8-9H2,1-4H3,(H,16,18). The quantitative estimate of drug-likeness (QED) is 0.865. The molecule has 0 saturated heterocycles. The van der Waals surface area contributed by atoms with Crippen LogP contribution < -0.4 is 5.32 Å². The van der Waals surface area contributed by atoms with Crippen molar-refractivity contribution in [3.63, 3.8) is 0 Å². The third-order valence-electron chi connectivity index (χ3n) is 2.72. The van der Waals surface area contributed by atoms with Gasteiger partial charge in [-0.15, -0.1) is 0 Å². The van der Waals surface area contributed by atoms with Crippen molar-refractivity contribution in [3.8, 4) is 0 Å². The van der Waals surface area contributed by atoms with Gasteiger partial charge in [0, 0.05) is 13.1 Å². The van der Waals surface area contributed by atoms with Crippen LogP contribution in [0.5, 0.6) is 0 Å². The number of hydrogen-bond donors (Lipinski definition) is 2. The zero-order valence-electron chi connectivity index (χ0n) is 11.8. The summed E-state index contributed by atoms with van der Waals surface area (Å²) in [5.74, 6) is -0.271. The number of nitrogens with one attached hydrogen (secondary N) is 1. The summed E-state index contributed by atoms with van der Waals surface area (Å²) < 4.78 is 0. The second kappa shape index (κ2) is 6.37. The molecule has 1 unspecified atom stereocenters. The number of rotatable bonds is 5. The van der Waals surface area contributed by atoms with Crippen molar-refractivity contribution in [2.45, 2.75) is 19.4 Å². The third-order valence-corrected chi connectivity index (χ3v) is 3.22. The number of likely N-dealkylation sites (N-methyl/N-ethyl adjacent to an activating group) is 1. The summed E-state index contributed by atoms with van der Waals surface area (Å²) in [4.78, 5) is 13.9. The summed E-state index contributed by atoms with van der Waals surface area (Å²) in [6.07, 6.45) is 0. The van der Waals surface area contributed by atoms with Crippen molar-refractivity contribution in [3.05, 3.63) is 34.3 Å². The van der Waals surface area contributed by atoms with E-state index in [0.717, 1.165) is 5.56 Å². The Labute approximate surface area is 119 Å². The van der Waals surface area contributed by atoms with E-state index in [1.807, 2.05) is 32.0 Å². The molecule has 0 spiro atoms. The zero-order chi connectivity index (χ0) is 14.6. The molecule has 0 aromatic heterocycles. The second-order valence-corrected chi connectivity index (χ2v) is 5.73. The molecule has 0 fully saturated rings. The SMILES string of the molecule is Cc1cccc(C(=O)NCC(C)(O)CN(C)C)c1Cl. The first-order valence-electron chi connectivity index (χ1n) is 6.13. The van der Waals surface area contributed by atoms with Crippen LogP contribution in [0.1, 0.15) is 22.8 Å². The summed E-state index contributed by atoms with van der Waals surface area (Å²) in [5, 5.41) is 13.3. The minimum absolute atomic E-state index is 0.175. The summed E-state index contributed by atoms with van der Waals surface area (Å²) >= 11 is 6.09. The van der Waals surface area contributed by atoms with E-state index in [9.17, 15) is 9.90 Å². The second-order valence-electron chi connectivity index (χ2n) is 5.35. The number of benzene rings is 1. The molecule has 106 valence electrons. The van der Waals surface area contributed by atoms with Crippen LogP contribution in [0.3, 0.4) is 0 Å². The monoisotopic (exact) mass is 284 g/mol. The molecule has 0 aliphatic carbocycles. The molecule has 0 saturated carbocycles. The predicted molar refractivity (Wildman–Crippen MR) is 77.7 cm³/mol. The van der Waals surface area contributed by atoms with E-state index in [0.29, 0.717) is 17.1 Å². The van der Waals surface area contributed by atoms with Gasteiger partial charge in [0.05, 0.1) is 16.2 Å². The van der Waals surface area contributed by atoms with E-state index in [1.165, 1.54) is 0 Å². The largest absolute Gasteiger partial charge is 0.387 e. The molecule has 2 N–H and O–H groups in total. The van der Waals surface area contributed by atoms with Crippen LogP contribution in [-0.4, -0.2) is 48.7 Å². The molecule has 1 rings (SSSR count). The minimum Gasteiger partial charge on any atom is -0.387 e. The van der Waals surface area contributed by atoms with Gasteiger partial charge in [0.1, 0.15) is 0 Å². The van der Waals surface area contributed by atoms with E-state index in [1.54, 1.807) is 19.1 Å². The van der Waals surface area contributed by atoms with Gasteiger partial charge in [-0.05, 0) is 39.6 Å². The lowest BCUT2D eigenvalue weighted by Crippen LogP contribution is -2.47. The molecular weight excluding hydrogens is 264 g/mol. The van der Waals surface area contributed by atoms with Crippen LogP contribution in [0.2, 0.25) is 5.02 Å². The summed E-state index contributed by atoms with van der Waals surface area (Å²) in [5.41, 5.74) is 0.312. The number of amides is 1. The molecule has 0 aliphatic heterocycles. The van der Waals surface area contributed by atoms with Gasteiger partial charge in [-0.1, -0.05) is 23.7 Å². The Hall–Kier alpha value is -1.10. The minimum atomic E-state index is -0.977. The van der Waals surface area contributed by atoms with Gasteiger partial charge in [-0.25, -0.2) is 0 Å². The number of carbonyl (C=O) groups excluding carboxylic acids is 1. The van der Waals surface area contributed by atoms with Crippen molar-refractivity contribution >= 4 is 17.5 Å². The molecule has 19 heavy (non-hydrogen) atoms. The average Bonchev–Trinajstić information content (AvgIpc) is 2.28. The highest BCUT2D eigenvalue weighted by Crippen LogP contribution is 2.20. The summed E-state index contributed by atoms with van der Waals surface area (Å²) in [6.45, 7) is 4.18. The van der Waals surface area contributed by atoms with E-state index >= 15 is 0 Å². The van der Waals surface area contributed by atoms with Crippen molar-refractivity contribution in [1.29, 1.82) is 0 Å². The molecule has 1 atom stereocenters. The maximum absolute atomic E-state index is 12.0. The van der Waals surface area contributed by atoms with Crippen molar-refractivity contribution in [2.75, 3.05) is 27.2 Å². The lowest BCUT2D eigenvalue weighted by Gasteiger charge is -2.27. The lowest BCUT2D eigenvalue weighted by molar-refractivity contribution is 0.0326.